The van der Waals surface area contributed by atoms with Crippen molar-refractivity contribution in [3.8, 4) is 0 Å². The molecule has 1 rings (SSSR count). The van der Waals surface area contributed by atoms with Crippen LogP contribution in [0.3, 0.4) is 0 Å². The van der Waals surface area contributed by atoms with E-state index in [-0.39, 0.29) is 6.42 Å². The molecule has 66 valence electrons. The minimum Gasteiger partial charge on any atom is -0.395 e. The minimum absolute atomic E-state index is 0.0532. The topological polar surface area (TPSA) is 20.2 Å². The summed E-state index contributed by atoms with van der Waals surface area (Å²) in [5.74, 6) is 0.500. The van der Waals surface area contributed by atoms with E-state index in [0.717, 1.165) is 11.8 Å². The lowest BCUT2D eigenvalue weighted by atomic mass is 10.0. The van der Waals surface area contributed by atoms with Crippen LogP contribution in [0.4, 0.5) is 13.2 Å². The smallest absolute Gasteiger partial charge is 0.395 e. The standard InChI is InChI=1S/C6H9F3OS/c7-6(8,9)5(4-10)2-1-3-11-5/h10H,1-4H2. The largest absolute Gasteiger partial charge is 0.405 e. The number of aliphatic hydroxyl groups is 1. The first-order valence-corrected chi connectivity index (χ1v) is 4.32. The molecule has 0 aromatic heterocycles. The second-order valence-electron chi connectivity index (χ2n) is 2.60. The van der Waals surface area contributed by atoms with Crippen LogP contribution in [0.25, 0.3) is 0 Å². The molecule has 0 aromatic carbocycles. The normalized spacial score (nSPS) is 32.7. The van der Waals surface area contributed by atoms with Gasteiger partial charge in [0.1, 0.15) is 4.75 Å². The van der Waals surface area contributed by atoms with Gasteiger partial charge in [-0.1, -0.05) is 0 Å². The van der Waals surface area contributed by atoms with Crippen molar-refractivity contribution >= 4 is 11.8 Å². The van der Waals surface area contributed by atoms with Crippen LogP contribution in [-0.4, -0.2) is 28.4 Å². The zero-order valence-corrected chi connectivity index (χ0v) is 6.63. The molecule has 1 N–H and O–H groups in total. The molecular weight excluding hydrogens is 177 g/mol. The maximum Gasteiger partial charge on any atom is 0.405 e. The first-order valence-electron chi connectivity index (χ1n) is 3.33. The Labute approximate surface area is 67.0 Å². The zero-order valence-electron chi connectivity index (χ0n) is 5.82. The van der Waals surface area contributed by atoms with Gasteiger partial charge in [-0.25, -0.2) is 0 Å². The van der Waals surface area contributed by atoms with Crippen LogP contribution in [0.1, 0.15) is 12.8 Å². The van der Waals surface area contributed by atoms with Crippen LogP contribution in [0, 0.1) is 0 Å². The monoisotopic (exact) mass is 186 g/mol. The van der Waals surface area contributed by atoms with E-state index >= 15 is 0 Å². The fourth-order valence-electron chi connectivity index (χ4n) is 1.14. The average molecular weight is 186 g/mol. The highest BCUT2D eigenvalue weighted by molar-refractivity contribution is 8.01. The Morgan fingerprint density at radius 1 is 1.45 bits per heavy atom. The van der Waals surface area contributed by atoms with E-state index in [4.69, 9.17) is 5.11 Å². The zero-order chi connectivity index (χ0) is 8.54. The Balaban J connectivity index is 2.75. The van der Waals surface area contributed by atoms with Crippen molar-refractivity contribution in [2.75, 3.05) is 12.4 Å². The number of halogens is 3. The SMILES string of the molecule is OCC1(C(F)(F)F)CCCS1. The van der Waals surface area contributed by atoms with Crippen molar-refractivity contribution < 1.29 is 18.3 Å². The molecule has 5 heteroatoms. The van der Waals surface area contributed by atoms with Crippen molar-refractivity contribution in [1.82, 2.24) is 0 Å². The summed E-state index contributed by atoms with van der Waals surface area (Å²) in [4.78, 5) is 0. The Hall–Kier alpha value is 0.100. The third kappa shape index (κ3) is 1.49. The van der Waals surface area contributed by atoms with Gasteiger partial charge in [0.05, 0.1) is 6.61 Å². The summed E-state index contributed by atoms with van der Waals surface area (Å²) < 4.78 is 34.9. The number of rotatable bonds is 1. The van der Waals surface area contributed by atoms with E-state index in [1.807, 2.05) is 0 Å². The molecular formula is C6H9F3OS. The van der Waals surface area contributed by atoms with Crippen molar-refractivity contribution in [1.29, 1.82) is 0 Å². The summed E-state index contributed by atoms with van der Waals surface area (Å²) in [6.45, 7) is -0.791. The summed E-state index contributed by atoms with van der Waals surface area (Å²) in [7, 11) is 0. The minimum atomic E-state index is -4.26. The van der Waals surface area contributed by atoms with Crippen molar-refractivity contribution in [3.63, 3.8) is 0 Å². The molecule has 1 saturated heterocycles. The van der Waals surface area contributed by atoms with Crippen LogP contribution in [-0.2, 0) is 0 Å². The highest BCUT2D eigenvalue weighted by Gasteiger charge is 2.56. The van der Waals surface area contributed by atoms with E-state index in [2.05, 4.69) is 0 Å². The van der Waals surface area contributed by atoms with Crippen LogP contribution in [0.5, 0.6) is 0 Å². The van der Waals surface area contributed by atoms with Crippen LogP contribution in [0.15, 0.2) is 0 Å². The fourth-order valence-corrected chi connectivity index (χ4v) is 2.36. The Bertz CT molecular complexity index is 139. The first kappa shape index (κ1) is 9.19. The third-order valence-corrected chi connectivity index (χ3v) is 3.49. The van der Waals surface area contributed by atoms with Gasteiger partial charge in [0, 0.05) is 0 Å². The summed E-state index contributed by atoms with van der Waals surface area (Å²) in [6, 6.07) is 0. The molecule has 1 unspecified atom stereocenters. The number of alkyl halides is 3. The Morgan fingerprint density at radius 3 is 2.27 bits per heavy atom. The van der Waals surface area contributed by atoms with E-state index < -0.39 is 17.5 Å². The molecule has 0 saturated carbocycles. The second-order valence-corrected chi connectivity index (χ2v) is 4.08. The summed E-state index contributed by atoms with van der Waals surface area (Å²) in [5, 5.41) is 8.61. The quantitative estimate of drug-likeness (QED) is 0.674. The van der Waals surface area contributed by atoms with E-state index in [1.165, 1.54) is 0 Å². The van der Waals surface area contributed by atoms with Gasteiger partial charge in [0.25, 0.3) is 0 Å². The van der Waals surface area contributed by atoms with Gasteiger partial charge in [-0.05, 0) is 18.6 Å². The predicted molar refractivity (Wildman–Crippen MR) is 37.6 cm³/mol. The average Bonchev–Trinajstić information content (AvgIpc) is 2.33. The molecule has 0 aromatic rings. The van der Waals surface area contributed by atoms with Gasteiger partial charge in [-0.2, -0.15) is 13.2 Å². The highest BCUT2D eigenvalue weighted by atomic mass is 32.2. The summed E-state index contributed by atoms with van der Waals surface area (Å²) in [5.41, 5.74) is 0. The molecule has 1 heterocycles. The van der Waals surface area contributed by atoms with Crippen molar-refractivity contribution in [3.05, 3.63) is 0 Å². The molecule has 0 amide bonds. The molecule has 0 spiro atoms. The predicted octanol–water partition coefficient (Wildman–Crippen LogP) is 1.81. The number of thioether (sulfide) groups is 1. The van der Waals surface area contributed by atoms with Gasteiger partial charge in [-0.3, -0.25) is 0 Å². The molecule has 1 nitrogen and oxygen atoms in total. The lowest BCUT2D eigenvalue weighted by Crippen LogP contribution is -2.43. The maximum atomic E-state index is 12.2. The van der Waals surface area contributed by atoms with Crippen molar-refractivity contribution in [2.45, 2.75) is 23.8 Å². The lowest BCUT2D eigenvalue weighted by molar-refractivity contribution is -0.167. The van der Waals surface area contributed by atoms with Gasteiger partial charge in [-0.15, -0.1) is 11.8 Å². The molecule has 1 atom stereocenters. The second kappa shape index (κ2) is 2.86. The van der Waals surface area contributed by atoms with E-state index in [1.54, 1.807) is 0 Å². The highest BCUT2D eigenvalue weighted by Crippen LogP contribution is 2.49. The molecule has 11 heavy (non-hydrogen) atoms. The number of aliphatic hydroxyl groups excluding tert-OH is 1. The maximum absolute atomic E-state index is 12.2. The van der Waals surface area contributed by atoms with Crippen LogP contribution >= 0.6 is 11.8 Å². The van der Waals surface area contributed by atoms with Crippen LogP contribution in [0.2, 0.25) is 0 Å². The lowest BCUT2D eigenvalue weighted by Gasteiger charge is -2.27. The molecule has 1 fully saturated rings. The molecule has 1 aliphatic heterocycles. The Morgan fingerprint density at radius 2 is 2.09 bits per heavy atom. The molecule has 0 bridgehead atoms. The van der Waals surface area contributed by atoms with Crippen molar-refractivity contribution in [2.24, 2.45) is 0 Å². The van der Waals surface area contributed by atoms with Gasteiger partial charge in [0.15, 0.2) is 0 Å². The van der Waals surface area contributed by atoms with E-state index in [0.29, 0.717) is 12.2 Å². The summed E-state index contributed by atoms with van der Waals surface area (Å²) >= 11 is 0.822. The Kier molecular flexibility index (Phi) is 2.39. The molecule has 0 radical (unpaired) electrons. The number of hydrogen-bond donors (Lipinski definition) is 1. The first-order chi connectivity index (χ1) is 5.02. The van der Waals surface area contributed by atoms with Gasteiger partial charge < -0.3 is 5.11 Å². The molecule has 0 aliphatic carbocycles. The van der Waals surface area contributed by atoms with Gasteiger partial charge in [0.2, 0.25) is 0 Å². The van der Waals surface area contributed by atoms with Gasteiger partial charge >= 0.3 is 6.18 Å². The third-order valence-electron chi connectivity index (χ3n) is 1.88. The summed E-state index contributed by atoms with van der Waals surface area (Å²) in [6.07, 6.45) is -3.66. The number of hydrogen-bond acceptors (Lipinski definition) is 2. The molecule has 1 aliphatic rings. The van der Waals surface area contributed by atoms with E-state index in [9.17, 15) is 13.2 Å². The fraction of sp³-hybridized carbons (Fsp3) is 1.00. The van der Waals surface area contributed by atoms with Crippen LogP contribution < -0.4 is 0 Å².